The van der Waals surface area contributed by atoms with Gasteiger partial charge in [-0.1, -0.05) is 12.2 Å². The van der Waals surface area contributed by atoms with Gasteiger partial charge < -0.3 is 19.7 Å². The first-order chi connectivity index (χ1) is 11.0. The summed E-state index contributed by atoms with van der Waals surface area (Å²) in [4.78, 5) is 23.2. The van der Waals surface area contributed by atoms with Gasteiger partial charge >= 0.3 is 11.9 Å². The summed E-state index contributed by atoms with van der Waals surface area (Å²) in [6.45, 7) is 8.49. The monoisotopic (exact) mass is 342 g/mol. The second-order valence-electron chi connectivity index (χ2n) is 6.81. The summed E-state index contributed by atoms with van der Waals surface area (Å²) in [6.07, 6.45) is 5.48. The molecule has 0 radical (unpaired) electrons. The standard InChI is InChI=1S/C18H30O6/c1-13(20)7-6-8-16(21)23-14(2)11-15(12-19)9-10-17(22)24-18(3,4)5/h6,8-10,13-15,19-20H,7,11-12H2,1-5H3/b8-6+,10-9+/t13-,14+,15+/m1/s1. The van der Waals surface area contributed by atoms with Gasteiger partial charge in [-0.2, -0.15) is 0 Å². The van der Waals surface area contributed by atoms with Crippen LogP contribution in [-0.4, -0.2) is 46.6 Å². The van der Waals surface area contributed by atoms with E-state index in [-0.39, 0.29) is 12.5 Å². The van der Waals surface area contributed by atoms with Crippen molar-refractivity contribution < 1.29 is 29.3 Å². The number of carbonyl (C=O) groups is 2. The number of aliphatic hydroxyl groups is 2. The first kappa shape index (κ1) is 22.3. The zero-order chi connectivity index (χ0) is 18.8. The molecule has 0 unspecified atom stereocenters. The Labute approximate surface area is 144 Å². The molecule has 0 aliphatic rings. The minimum Gasteiger partial charge on any atom is -0.459 e. The van der Waals surface area contributed by atoms with Gasteiger partial charge in [0.25, 0.3) is 0 Å². The van der Waals surface area contributed by atoms with Crippen LogP contribution >= 0.6 is 0 Å². The van der Waals surface area contributed by atoms with E-state index in [4.69, 9.17) is 14.6 Å². The fourth-order valence-electron chi connectivity index (χ4n) is 1.84. The Morgan fingerprint density at radius 1 is 1.12 bits per heavy atom. The van der Waals surface area contributed by atoms with Crippen LogP contribution in [-0.2, 0) is 19.1 Å². The minimum atomic E-state index is -0.572. The molecule has 0 aromatic rings. The Morgan fingerprint density at radius 2 is 1.75 bits per heavy atom. The Hall–Kier alpha value is -1.66. The van der Waals surface area contributed by atoms with Crippen LogP contribution in [0.1, 0.15) is 47.5 Å². The number of hydrogen-bond acceptors (Lipinski definition) is 6. The highest BCUT2D eigenvalue weighted by atomic mass is 16.6. The molecule has 2 N–H and O–H groups in total. The molecule has 0 rings (SSSR count). The molecule has 0 aliphatic heterocycles. The summed E-state index contributed by atoms with van der Waals surface area (Å²) in [5, 5.41) is 18.5. The lowest BCUT2D eigenvalue weighted by Crippen LogP contribution is -2.23. The van der Waals surface area contributed by atoms with Gasteiger partial charge in [0.2, 0.25) is 0 Å². The van der Waals surface area contributed by atoms with Gasteiger partial charge in [-0.25, -0.2) is 9.59 Å². The number of hydrogen-bond donors (Lipinski definition) is 2. The molecule has 0 heterocycles. The lowest BCUT2D eigenvalue weighted by atomic mass is 10.0. The lowest BCUT2D eigenvalue weighted by Gasteiger charge is -2.19. The molecule has 0 fully saturated rings. The third kappa shape index (κ3) is 12.8. The highest BCUT2D eigenvalue weighted by Gasteiger charge is 2.16. The highest BCUT2D eigenvalue weighted by molar-refractivity contribution is 5.82. The second-order valence-corrected chi connectivity index (χ2v) is 6.81. The molecular formula is C18H30O6. The van der Waals surface area contributed by atoms with Crippen LogP contribution in [0.25, 0.3) is 0 Å². The lowest BCUT2D eigenvalue weighted by molar-refractivity contribution is -0.148. The van der Waals surface area contributed by atoms with Gasteiger partial charge in [-0.15, -0.1) is 0 Å². The third-order valence-electron chi connectivity index (χ3n) is 2.83. The SMILES string of the molecule is C[C@@H](O)C/C=C/C(=O)O[C@@H](C)C[C@H](/C=C/C(=O)OC(C)(C)C)CO. The molecule has 6 nitrogen and oxygen atoms in total. The molecule has 0 saturated carbocycles. The summed E-state index contributed by atoms with van der Waals surface area (Å²) in [5.41, 5.74) is -0.572. The van der Waals surface area contributed by atoms with E-state index >= 15 is 0 Å². The molecule has 0 aromatic carbocycles. The van der Waals surface area contributed by atoms with Crippen molar-refractivity contribution in [3.8, 4) is 0 Å². The molecule has 3 atom stereocenters. The van der Waals surface area contributed by atoms with E-state index in [1.54, 1.807) is 46.8 Å². The summed E-state index contributed by atoms with van der Waals surface area (Å²) in [5.74, 6) is -1.30. The molecule has 6 heteroatoms. The molecule has 0 aromatic heterocycles. The Bertz CT molecular complexity index is 445. The largest absolute Gasteiger partial charge is 0.459 e. The van der Waals surface area contributed by atoms with Crippen LogP contribution in [0.3, 0.4) is 0 Å². The van der Waals surface area contributed by atoms with Gasteiger partial charge in [-0.3, -0.25) is 0 Å². The van der Waals surface area contributed by atoms with E-state index in [0.29, 0.717) is 12.8 Å². The van der Waals surface area contributed by atoms with Crippen molar-refractivity contribution in [2.75, 3.05) is 6.61 Å². The quantitative estimate of drug-likeness (QED) is 0.492. The number of ether oxygens (including phenoxy) is 2. The normalized spacial score (nSPS) is 16.1. The van der Waals surface area contributed by atoms with Crippen molar-refractivity contribution in [1.82, 2.24) is 0 Å². The molecular weight excluding hydrogens is 312 g/mol. The van der Waals surface area contributed by atoms with Crippen molar-refractivity contribution in [3.05, 3.63) is 24.3 Å². The number of esters is 2. The molecule has 0 saturated heterocycles. The van der Waals surface area contributed by atoms with Crippen LogP contribution < -0.4 is 0 Å². The van der Waals surface area contributed by atoms with Crippen LogP contribution in [0.4, 0.5) is 0 Å². The number of aliphatic hydroxyl groups excluding tert-OH is 2. The van der Waals surface area contributed by atoms with Crippen molar-refractivity contribution in [1.29, 1.82) is 0 Å². The first-order valence-corrected chi connectivity index (χ1v) is 8.10. The van der Waals surface area contributed by atoms with Crippen LogP contribution in [0.15, 0.2) is 24.3 Å². The summed E-state index contributed by atoms with van der Waals surface area (Å²) < 4.78 is 10.3. The predicted molar refractivity (Wildman–Crippen MR) is 91.2 cm³/mol. The number of carbonyl (C=O) groups excluding carboxylic acids is 2. The maximum atomic E-state index is 11.6. The van der Waals surface area contributed by atoms with Crippen molar-refractivity contribution in [2.24, 2.45) is 5.92 Å². The zero-order valence-electron chi connectivity index (χ0n) is 15.2. The van der Waals surface area contributed by atoms with Crippen molar-refractivity contribution in [2.45, 2.75) is 65.3 Å². The molecule has 138 valence electrons. The van der Waals surface area contributed by atoms with Gasteiger partial charge in [0, 0.05) is 24.7 Å². The Kier molecular flexibility index (Phi) is 10.2. The topological polar surface area (TPSA) is 93.1 Å². The first-order valence-electron chi connectivity index (χ1n) is 8.10. The van der Waals surface area contributed by atoms with E-state index in [1.807, 2.05) is 0 Å². The van der Waals surface area contributed by atoms with Gasteiger partial charge in [0.15, 0.2) is 0 Å². The minimum absolute atomic E-state index is 0.168. The Morgan fingerprint density at radius 3 is 2.25 bits per heavy atom. The van der Waals surface area contributed by atoms with Gasteiger partial charge in [0.05, 0.1) is 12.2 Å². The molecule has 24 heavy (non-hydrogen) atoms. The maximum Gasteiger partial charge on any atom is 0.330 e. The highest BCUT2D eigenvalue weighted by Crippen LogP contribution is 2.13. The zero-order valence-corrected chi connectivity index (χ0v) is 15.2. The summed E-state index contributed by atoms with van der Waals surface area (Å²) in [6, 6.07) is 0. The maximum absolute atomic E-state index is 11.6. The van der Waals surface area contributed by atoms with Crippen molar-refractivity contribution >= 4 is 11.9 Å². The molecule has 0 amide bonds. The summed E-state index contributed by atoms with van der Waals surface area (Å²) in [7, 11) is 0. The number of rotatable bonds is 9. The van der Waals surface area contributed by atoms with Crippen LogP contribution in [0.5, 0.6) is 0 Å². The van der Waals surface area contributed by atoms with Gasteiger partial charge in [0.1, 0.15) is 5.60 Å². The molecule has 0 aliphatic carbocycles. The average Bonchev–Trinajstić information content (AvgIpc) is 2.40. The van der Waals surface area contributed by atoms with Gasteiger partial charge in [-0.05, 0) is 47.5 Å². The van der Waals surface area contributed by atoms with Crippen molar-refractivity contribution in [3.63, 3.8) is 0 Å². The fraction of sp³-hybridized carbons (Fsp3) is 0.667. The average molecular weight is 342 g/mol. The van der Waals surface area contributed by atoms with E-state index in [2.05, 4.69) is 0 Å². The van der Waals surface area contributed by atoms with E-state index in [0.717, 1.165) is 0 Å². The summed E-state index contributed by atoms with van der Waals surface area (Å²) >= 11 is 0. The smallest absolute Gasteiger partial charge is 0.330 e. The molecule has 0 bridgehead atoms. The van der Waals surface area contributed by atoms with E-state index in [9.17, 15) is 14.7 Å². The molecule has 0 spiro atoms. The second kappa shape index (κ2) is 11.0. The third-order valence-corrected chi connectivity index (χ3v) is 2.83. The Balaban J connectivity index is 4.38. The fourth-order valence-corrected chi connectivity index (χ4v) is 1.84. The van der Waals surface area contributed by atoms with E-state index < -0.39 is 29.7 Å². The predicted octanol–water partition coefficient (Wildman–Crippen LogP) is 2.14. The van der Waals surface area contributed by atoms with Crippen LogP contribution in [0.2, 0.25) is 0 Å². The van der Waals surface area contributed by atoms with Crippen LogP contribution in [0, 0.1) is 5.92 Å². The van der Waals surface area contributed by atoms with E-state index in [1.165, 1.54) is 12.2 Å².